The Morgan fingerprint density at radius 2 is 2.09 bits per heavy atom. The topological polar surface area (TPSA) is 211 Å². The van der Waals surface area contributed by atoms with Gasteiger partial charge in [0.25, 0.3) is 17.5 Å². The van der Waals surface area contributed by atoms with E-state index in [4.69, 9.17) is 15.3 Å². The number of nitrogen functional groups attached to an aromatic ring is 1. The maximum Gasteiger partial charge on any atom is 0.370 e. The number of fused-ring (bicyclic) bond motifs is 3. The van der Waals surface area contributed by atoms with Gasteiger partial charge >= 0.3 is 17.9 Å². The number of esters is 1. The van der Waals surface area contributed by atoms with E-state index in [1.165, 1.54) is 31.0 Å². The van der Waals surface area contributed by atoms with Crippen LogP contribution in [0.5, 0.6) is 0 Å². The molecule has 0 aliphatic carbocycles. The molecular formula is C18H19N5O9S2. The number of nitrogens with one attached hydrogen (secondary N) is 1. The summed E-state index contributed by atoms with van der Waals surface area (Å²) in [6.07, 6.45) is -0.133. The Balaban J connectivity index is 1.57. The van der Waals surface area contributed by atoms with Crippen LogP contribution in [0, 0.1) is 5.92 Å². The highest BCUT2D eigenvalue weighted by Crippen LogP contribution is 2.51. The van der Waals surface area contributed by atoms with Gasteiger partial charge in [-0.25, -0.2) is 14.6 Å². The summed E-state index contributed by atoms with van der Waals surface area (Å²) in [4.78, 5) is 71.1. The SMILES string of the molecule is CC(C)(O/N=C(\C(=O)N[C@@H]1C(=O)N2[C@@H]1SC[C@H]1CC(=O)O[C@]12C(=O)O)c1csc(N)n1)C(=O)O. The monoisotopic (exact) mass is 513 g/mol. The number of hydrogen-bond donors (Lipinski definition) is 4. The summed E-state index contributed by atoms with van der Waals surface area (Å²) in [5, 5.41) is 25.8. The van der Waals surface area contributed by atoms with Crippen LogP contribution in [0.4, 0.5) is 5.13 Å². The van der Waals surface area contributed by atoms with E-state index in [1.807, 2.05) is 0 Å². The zero-order valence-corrected chi connectivity index (χ0v) is 19.3. The van der Waals surface area contributed by atoms with E-state index in [1.54, 1.807) is 0 Å². The first-order chi connectivity index (χ1) is 15.9. The van der Waals surface area contributed by atoms with E-state index in [-0.39, 0.29) is 23.0 Å². The third kappa shape index (κ3) is 3.62. The van der Waals surface area contributed by atoms with E-state index in [0.29, 0.717) is 0 Å². The highest BCUT2D eigenvalue weighted by molar-refractivity contribution is 8.00. The van der Waals surface area contributed by atoms with Gasteiger partial charge in [-0.3, -0.25) is 19.3 Å². The van der Waals surface area contributed by atoms with Crippen LogP contribution >= 0.6 is 23.1 Å². The summed E-state index contributed by atoms with van der Waals surface area (Å²) >= 11 is 2.21. The predicted molar refractivity (Wildman–Crippen MR) is 115 cm³/mol. The van der Waals surface area contributed by atoms with Crippen molar-refractivity contribution in [3.05, 3.63) is 11.1 Å². The van der Waals surface area contributed by atoms with Crippen LogP contribution in [-0.4, -0.2) is 84.0 Å². The lowest BCUT2D eigenvalue weighted by Gasteiger charge is -2.56. The minimum Gasteiger partial charge on any atom is -0.478 e. The number of carbonyl (C=O) groups excluding carboxylic acids is 3. The number of nitrogens with zero attached hydrogens (tertiary/aromatic N) is 3. The standard InChI is InChI=1S/C18H19N5O9S2/c1-17(2,14(27)28)32-22-9(7-5-34-16(19)20-7)11(25)21-10-12(26)23-13(10)33-4-6-3-8(24)31-18(6,23)15(29)30/h5-6,10,13H,3-4H2,1-2H3,(H2,19,20)(H,21,25)(H,27,28)(H,29,30)/b22-9-/t6-,10-,13-,18+/m1/s1. The highest BCUT2D eigenvalue weighted by atomic mass is 32.2. The Morgan fingerprint density at radius 3 is 2.68 bits per heavy atom. The summed E-state index contributed by atoms with van der Waals surface area (Å²) in [6.45, 7) is 2.45. The molecule has 4 heterocycles. The molecule has 5 N–H and O–H groups in total. The maximum atomic E-state index is 13.0. The van der Waals surface area contributed by atoms with Crippen molar-refractivity contribution >= 4 is 63.7 Å². The second kappa shape index (κ2) is 8.12. The number of carbonyl (C=O) groups is 5. The van der Waals surface area contributed by atoms with Crippen molar-refractivity contribution in [3.63, 3.8) is 0 Å². The van der Waals surface area contributed by atoms with Gasteiger partial charge in [-0.05, 0) is 13.8 Å². The summed E-state index contributed by atoms with van der Waals surface area (Å²) in [5.41, 5.74) is 1.31. The summed E-state index contributed by atoms with van der Waals surface area (Å²) in [6, 6.07) is -1.15. The number of aromatic nitrogens is 1. The minimum atomic E-state index is -2.11. The van der Waals surface area contributed by atoms with E-state index in [9.17, 15) is 34.2 Å². The van der Waals surface area contributed by atoms with Gasteiger partial charge in [-0.2, -0.15) is 0 Å². The molecule has 34 heavy (non-hydrogen) atoms. The molecule has 182 valence electrons. The van der Waals surface area contributed by atoms with Crippen LogP contribution in [0.2, 0.25) is 0 Å². The first-order valence-electron chi connectivity index (χ1n) is 9.80. The Bertz CT molecular complexity index is 1130. The van der Waals surface area contributed by atoms with Crippen LogP contribution in [0.3, 0.4) is 0 Å². The molecule has 14 nitrogen and oxygen atoms in total. The number of β-lactam (4-membered cyclic amide) rings is 1. The van der Waals surface area contributed by atoms with Crippen LogP contribution in [-0.2, 0) is 33.5 Å². The quantitative estimate of drug-likeness (QED) is 0.150. The van der Waals surface area contributed by atoms with Crippen molar-refractivity contribution in [2.45, 2.75) is 43.0 Å². The Hall–Kier alpha value is -3.40. The molecule has 1 aromatic rings. The van der Waals surface area contributed by atoms with Gasteiger partial charge in [0.2, 0.25) is 5.60 Å². The Labute approximate surface area is 199 Å². The molecule has 2 amide bonds. The average molecular weight is 514 g/mol. The Morgan fingerprint density at radius 1 is 1.38 bits per heavy atom. The number of ether oxygens (including phenoxy) is 1. The van der Waals surface area contributed by atoms with Crippen LogP contribution < -0.4 is 11.1 Å². The molecule has 3 aliphatic rings. The molecule has 0 bridgehead atoms. The number of thioether (sulfide) groups is 1. The number of thiazole rings is 1. The van der Waals surface area contributed by atoms with Crippen LogP contribution in [0.25, 0.3) is 0 Å². The van der Waals surface area contributed by atoms with Gasteiger partial charge in [0.05, 0.1) is 6.42 Å². The van der Waals surface area contributed by atoms with Crippen molar-refractivity contribution < 1.29 is 43.8 Å². The van der Waals surface area contributed by atoms with Gasteiger partial charge in [0, 0.05) is 17.1 Å². The average Bonchev–Trinajstić information content (AvgIpc) is 3.33. The van der Waals surface area contributed by atoms with E-state index in [0.717, 1.165) is 16.2 Å². The lowest BCUT2D eigenvalue weighted by atomic mass is 9.89. The second-order valence-electron chi connectivity index (χ2n) is 8.18. The van der Waals surface area contributed by atoms with Gasteiger partial charge in [-0.15, -0.1) is 23.1 Å². The number of oxime groups is 1. The van der Waals surface area contributed by atoms with Gasteiger partial charge < -0.3 is 30.8 Å². The molecule has 4 atom stereocenters. The largest absolute Gasteiger partial charge is 0.478 e. The molecule has 3 aliphatic heterocycles. The third-order valence-corrected chi connectivity index (χ3v) is 7.65. The molecule has 0 saturated carbocycles. The fraction of sp³-hybridized carbons (Fsp3) is 0.500. The fourth-order valence-corrected chi connectivity index (χ4v) is 5.83. The van der Waals surface area contributed by atoms with Crippen molar-refractivity contribution in [2.24, 2.45) is 11.1 Å². The van der Waals surface area contributed by atoms with E-state index >= 15 is 0 Å². The molecule has 0 radical (unpaired) electrons. The molecule has 0 spiro atoms. The number of carboxylic acid groups (broad SMARTS) is 2. The maximum absolute atomic E-state index is 13.0. The summed E-state index contributed by atoms with van der Waals surface area (Å²) in [7, 11) is 0. The number of hydrogen-bond acceptors (Lipinski definition) is 12. The first-order valence-corrected chi connectivity index (χ1v) is 11.7. The van der Waals surface area contributed by atoms with E-state index in [2.05, 4.69) is 15.5 Å². The molecule has 3 fully saturated rings. The lowest BCUT2D eigenvalue weighted by molar-refractivity contribution is -0.215. The molecule has 0 unspecified atom stereocenters. The minimum absolute atomic E-state index is 0.00657. The predicted octanol–water partition coefficient (Wildman–Crippen LogP) is -0.947. The lowest BCUT2D eigenvalue weighted by Crippen LogP contribution is -2.80. The summed E-state index contributed by atoms with van der Waals surface area (Å²) < 4.78 is 5.11. The van der Waals surface area contributed by atoms with Gasteiger partial charge in [-0.1, -0.05) is 5.16 Å². The normalized spacial score (nSPS) is 28.4. The van der Waals surface area contributed by atoms with Crippen molar-refractivity contribution in [3.8, 4) is 0 Å². The van der Waals surface area contributed by atoms with Gasteiger partial charge in [0.15, 0.2) is 10.8 Å². The molecule has 1 aromatic heterocycles. The molecule has 3 saturated heterocycles. The molecule has 0 aromatic carbocycles. The summed E-state index contributed by atoms with van der Waals surface area (Å²) in [5.74, 6) is -5.69. The smallest absolute Gasteiger partial charge is 0.370 e. The van der Waals surface area contributed by atoms with Crippen LogP contribution in [0.15, 0.2) is 10.5 Å². The fourth-order valence-electron chi connectivity index (χ4n) is 3.72. The number of amides is 2. The van der Waals surface area contributed by atoms with Crippen molar-refractivity contribution in [2.75, 3.05) is 11.5 Å². The molecule has 16 heteroatoms. The van der Waals surface area contributed by atoms with Crippen LogP contribution in [0.1, 0.15) is 26.0 Å². The Kier molecular flexibility index (Phi) is 5.67. The zero-order chi connectivity index (χ0) is 25.0. The number of aliphatic carboxylic acids is 2. The number of anilines is 1. The van der Waals surface area contributed by atoms with Crippen molar-refractivity contribution in [1.29, 1.82) is 0 Å². The molecule has 4 rings (SSSR count). The number of nitrogens with two attached hydrogens (primary N) is 1. The third-order valence-electron chi connectivity index (χ3n) is 5.56. The highest BCUT2D eigenvalue weighted by Gasteiger charge is 2.71. The first kappa shape index (κ1) is 23.7. The zero-order valence-electron chi connectivity index (χ0n) is 17.7. The van der Waals surface area contributed by atoms with E-state index < -0.39 is 64.1 Å². The second-order valence-corrected chi connectivity index (χ2v) is 10.2. The van der Waals surface area contributed by atoms with Crippen molar-refractivity contribution in [1.82, 2.24) is 15.2 Å². The van der Waals surface area contributed by atoms with Gasteiger partial charge in [0.1, 0.15) is 17.1 Å². The number of rotatable bonds is 7. The number of carboxylic acids is 2. The molecular weight excluding hydrogens is 494 g/mol.